The van der Waals surface area contributed by atoms with Crippen LogP contribution in [0.2, 0.25) is 0 Å². The van der Waals surface area contributed by atoms with Gasteiger partial charge in [0.1, 0.15) is 0 Å². The van der Waals surface area contributed by atoms with Crippen molar-refractivity contribution in [2.24, 2.45) is 0 Å². The van der Waals surface area contributed by atoms with Crippen LogP contribution < -0.4 is 0 Å². The Bertz CT molecular complexity index is 575. The Morgan fingerprint density at radius 2 is 1.38 bits per heavy atom. The van der Waals surface area contributed by atoms with E-state index in [0.29, 0.717) is 18.5 Å². The highest BCUT2D eigenvalue weighted by atomic mass is 79.9. The van der Waals surface area contributed by atoms with Crippen LogP contribution in [0.3, 0.4) is 0 Å². The van der Waals surface area contributed by atoms with Crippen LogP contribution in [0.1, 0.15) is 57.0 Å². The van der Waals surface area contributed by atoms with E-state index in [2.05, 4.69) is 15.9 Å². The molecule has 3 nitrogen and oxygen atoms in total. The van der Waals surface area contributed by atoms with E-state index in [-0.39, 0.29) is 5.78 Å². The van der Waals surface area contributed by atoms with Gasteiger partial charge in [0.05, 0.1) is 5.33 Å². The first-order valence-corrected chi connectivity index (χ1v) is 10.3. The molecule has 0 atom stereocenters. The standard InChI is InChI=1S/C9H9BrO2.C9H10O.2C2H6/c10-6-9(11-7-12-9)8-4-2-1-3-5-8;1-2-9(10)8-6-4-3-5-7-8;2*1-2/h1-5H,6-7H2;3-7H,2H2,1H3;2*1-2H3. The number of ether oxygens (including phenoxy) is 2. The molecule has 1 aliphatic heterocycles. The molecule has 0 spiro atoms. The van der Waals surface area contributed by atoms with Gasteiger partial charge in [0.15, 0.2) is 12.6 Å². The average Bonchev–Trinajstić information content (AvgIpc) is 2.72. The number of carbonyl (C=O) groups excluding carboxylic acids is 1. The number of benzene rings is 2. The Morgan fingerprint density at radius 1 is 0.923 bits per heavy atom. The first-order valence-electron chi connectivity index (χ1n) is 9.19. The van der Waals surface area contributed by atoms with Crippen molar-refractivity contribution in [1.82, 2.24) is 0 Å². The van der Waals surface area contributed by atoms with Crippen LogP contribution >= 0.6 is 15.9 Å². The first-order chi connectivity index (χ1) is 12.7. The van der Waals surface area contributed by atoms with Gasteiger partial charge in [0, 0.05) is 17.5 Å². The van der Waals surface area contributed by atoms with Crippen LogP contribution in [-0.2, 0) is 15.3 Å². The van der Waals surface area contributed by atoms with Crippen molar-refractivity contribution in [1.29, 1.82) is 0 Å². The lowest BCUT2D eigenvalue weighted by atomic mass is 10.1. The summed E-state index contributed by atoms with van der Waals surface area (Å²) in [6.45, 7) is 10.3. The molecule has 0 unspecified atom stereocenters. The summed E-state index contributed by atoms with van der Waals surface area (Å²) < 4.78 is 10.8. The quantitative estimate of drug-likeness (QED) is 0.412. The van der Waals surface area contributed by atoms with Gasteiger partial charge in [-0.15, -0.1) is 0 Å². The SMILES string of the molecule is BrCC1(c2ccccc2)OCO1.CC.CC.CCC(=O)c1ccccc1. The highest BCUT2D eigenvalue weighted by molar-refractivity contribution is 9.09. The molecule has 0 bridgehead atoms. The Balaban J connectivity index is 0.000000409. The summed E-state index contributed by atoms with van der Waals surface area (Å²) in [5, 5.41) is 0.671. The molecule has 4 heteroatoms. The Hall–Kier alpha value is -1.49. The Kier molecular flexibility index (Phi) is 13.8. The van der Waals surface area contributed by atoms with Crippen LogP contribution in [0.5, 0.6) is 0 Å². The number of hydrogen-bond acceptors (Lipinski definition) is 3. The van der Waals surface area contributed by atoms with Gasteiger partial charge in [-0.2, -0.15) is 0 Å². The van der Waals surface area contributed by atoms with Crippen molar-refractivity contribution < 1.29 is 14.3 Å². The van der Waals surface area contributed by atoms with Gasteiger partial charge >= 0.3 is 0 Å². The maximum atomic E-state index is 11.0. The molecule has 0 aliphatic carbocycles. The van der Waals surface area contributed by atoms with E-state index >= 15 is 0 Å². The van der Waals surface area contributed by atoms with E-state index in [9.17, 15) is 4.79 Å². The molecular weight excluding hydrogens is 392 g/mol. The summed E-state index contributed by atoms with van der Waals surface area (Å²) >= 11 is 3.37. The summed E-state index contributed by atoms with van der Waals surface area (Å²) in [4.78, 5) is 11.0. The molecule has 1 saturated heterocycles. The molecule has 1 heterocycles. The third kappa shape index (κ3) is 7.40. The lowest BCUT2D eigenvalue weighted by molar-refractivity contribution is -0.396. The van der Waals surface area contributed by atoms with Crippen LogP contribution in [0, 0.1) is 0 Å². The van der Waals surface area contributed by atoms with Crippen molar-refractivity contribution in [2.75, 3.05) is 12.1 Å². The average molecular weight is 423 g/mol. The van der Waals surface area contributed by atoms with Crippen LogP contribution in [-0.4, -0.2) is 17.9 Å². The molecule has 2 aromatic carbocycles. The van der Waals surface area contributed by atoms with E-state index in [4.69, 9.17) is 9.47 Å². The molecule has 0 saturated carbocycles. The zero-order valence-electron chi connectivity index (χ0n) is 16.5. The molecule has 0 amide bonds. The van der Waals surface area contributed by atoms with Crippen LogP contribution in [0.25, 0.3) is 0 Å². The van der Waals surface area contributed by atoms with Crippen molar-refractivity contribution >= 4 is 21.7 Å². The molecular formula is C22H31BrO3. The second kappa shape index (κ2) is 14.7. The smallest absolute Gasteiger partial charge is 0.209 e. The number of carbonyl (C=O) groups is 1. The summed E-state index contributed by atoms with van der Waals surface area (Å²) in [5.74, 6) is -0.318. The minimum atomic E-state index is -0.527. The van der Waals surface area contributed by atoms with E-state index in [1.165, 1.54) is 0 Å². The van der Waals surface area contributed by atoms with Crippen LogP contribution in [0.4, 0.5) is 0 Å². The third-order valence-corrected chi connectivity index (χ3v) is 4.13. The minimum Gasteiger partial charge on any atom is -0.318 e. The molecule has 1 aliphatic rings. The van der Waals surface area contributed by atoms with E-state index in [1.54, 1.807) is 0 Å². The second-order valence-corrected chi connectivity index (χ2v) is 5.36. The van der Waals surface area contributed by atoms with Crippen molar-refractivity contribution in [3.63, 3.8) is 0 Å². The molecule has 26 heavy (non-hydrogen) atoms. The van der Waals surface area contributed by atoms with E-state index in [0.717, 1.165) is 11.1 Å². The number of Topliss-reactive ketones (excluding diaryl/α,β-unsaturated/α-hetero) is 1. The first kappa shape index (κ1) is 24.5. The third-order valence-electron chi connectivity index (χ3n) is 3.39. The Morgan fingerprint density at radius 3 is 1.73 bits per heavy atom. The normalized spacial score (nSPS) is 13.3. The van der Waals surface area contributed by atoms with E-state index in [1.807, 2.05) is 95.3 Å². The predicted molar refractivity (Wildman–Crippen MR) is 113 cm³/mol. The fraction of sp³-hybridized carbons (Fsp3) is 0.409. The number of alkyl halides is 1. The molecule has 3 rings (SSSR count). The minimum absolute atomic E-state index is 0.209. The van der Waals surface area contributed by atoms with Gasteiger partial charge in [-0.25, -0.2) is 0 Å². The van der Waals surface area contributed by atoms with Gasteiger partial charge in [-0.1, -0.05) is 111 Å². The molecule has 0 N–H and O–H groups in total. The van der Waals surface area contributed by atoms with Gasteiger partial charge in [0.25, 0.3) is 0 Å². The topological polar surface area (TPSA) is 35.5 Å². The molecule has 2 aromatic rings. The van der Waals surface area contributed by atoms with Crippen molar-refractivity contribution in [3.8, 4) is 0 Å². The number of rotatable bonds is 4. The summed E-state index contributed by atoms with van der Waals surface area (Å²) in [6.07, 6.45) is 0.587. The van der Waals surface area contributed by atoms with Gasteiger partial charge < -0.3 is 9.47 Å². The van der Waals surface area contributed by atoms with Gasteiger partial charge in [-0.3, -0.25) is 4.79 Å². The highest BCUT2D eigenvalue weighted by Gasteiger charge is 2.40. The maximum absolute atomic E-state index is 11.0. The fourth-order valence-electron chi connectivity index (χ4n) is 2.04. The van der Waals surface area contributed by atoms with Crippen molar-refractivity contribution in [2.45, 2.75) is 46.8 Å². The fourth-order valence-corrected chi connectivity index (χ4v) is 2.69. The predicted octanol–water partition coefficient (Wildman–Crippen LogP) is 6.57. The summed E-state index contributed by atoms with van der Waals surface area (Å²) in [7, 11) is 0. The lowest BCUT2D eigenvalue weighted by Gasteiger charge is -2.40. The van der Waals surface area contributed by atoms with Crippen molar-refractivity contribution in [3.05, 3.63) is 71.8 Å². The monoisotopic (exact) mass is 422 g/mol. The summed E-state index contributed by atoms with van der Waals surface area (Å²) in [6, 6.07) is 19.3. The molecule has 1 fully saturated rings. The number of halogens is 1. The highest BCUT2D eigenvalue weighted by Crippen LogP contribution is 2.35. The van der Waals surface area contributed by atoms with Gasteiger partial charge in [0.2, 0.25) is 5.79 Å². The van der Waals surface area contributed by atoms with E-state index < -0.39 is 5.79 Å². The van der Waals surface area contributed by atoms with Gasteiger partial charge in [-0.05, 0) is 0 Å². The molecule has 144 valence electrons. The van der Waals surface area contributed by atoms with Crippen LogP contribution in [0.15, 0.2) is 60.7 Å². The maximum Gasteiger partial charge on any atom is 0.209 e. The molecule has 0 radical (unpaired) electrons. The zero-order chi connectivity index (χ0) is 19.8. The zero-order valence-corrected chi connectivity index (χ0v) is 18.1. The largest absolute Gasteiger partial charge is 0.318 e. The number of hydrogen-bond donors (Lipinski definition) is 0. The summed E-state index contributed by atoms with van der Waals surface area (Å²) in [5.41, 5.74) is 1.87. The Labute approximate surface area is 166 Å². The second-order valence-electron chi connectivity index (χ2n) is 4.80. The molecule has 0 aromatic heterocycles. The number of ketones is 1. The lowest BCUT2D eigenvalue weighted by Crippen LogP contribution is -2.45.